The number of nitrogens with zero attached hydrogens (tertiary/aromatic N) is 3. The molecule has 1 amide bonds. The molecule has 0 aliphatic rings. The Morgan fingerprint density at radius 1 is 1.09 bits per heavy atom. The van der Waals surface area contributed by atoms with Gasteiger partial charge in [-0.1, -0.05) is 48.5 Å². The summed E-state index contributed by atoms with van der Waals surface area (Å²) in [7, 11) is 1.68. The van der Waals surface area contributed by atoms with Gasteiger partial charge in [-0.3, -0.25) is 9.78 Å². The molecule has 0 fully saturated rings. The maximum Gasteiger partial charge on any atom is 0.348 e. The van der Waals surface area contributed by atoms with E-state index >= 15 is 0 Å². The maximum atomic E-state index is 12.4. The van der Waals surface area contributed by atoms with E-state index in [1.54, 1.807) is 31.3 Å². The molecule has 6 heteroatoms. The highest BCUT2D eigenvalue weighted by Gasteiger charge is 2.18. The molecule has 0 aliphatic heterocycles. The molecule has 1 N–H and O–H groups in total. The first-order valence-corrected chi connectivity index (χ1v) is 7.19. The summed E-state index contributed by atoms with van der Waals surface area (Å²) in [5, 5.41) is 4.10. The van der Waals surface area contributed by atoms with Crippen LogP contribution in [0.3, 0.4) is 0 Å². The van der Waals surface area contributed by atoms with E-state index in [2.05, 4.69) is 10.1 Å². The van der Waals surface area contributed by atoms with E-state index in [0.717, 1.165) is 5.56 Å². The van der Waals surface area contributed by atoms with Crippen molar-refractivity contribution in [2.45, 2.75) is 6.54 Å². The Labute approximate surface area is 133 Å². The summed E-state index contributed by atoms with van der Waals surface area (Å²) < 4.78 is 1.18. The van der Waals surface area contributed by atoms with Crippen LogP contribution in [0.5, 0.6) is 0 Å². The number of benzene rings is 2. The third-order valence-electron chi connectivity index (χ3n) is 3.43. The van der Waals surface area contributed by atoms with Gasteiger partial charge in [-0.2, -0.15) is 4.68 Å². The average Bonchev–Trinajstić information content (AvgIpc) is 2.97. The molecule has 0 aliphatic carbocycles. The predicted molar refractivity (Wildman–Crippen MR) is 86.4 cm³/mol. The highest BCUT2D eigenvalue weighted by atomic mass is 16.2. The number of nitrogens with one attached hydrogen (secondary N) is 1. The molecule has 0 saturated heterocycles. The van der Waals surface area contributed by atoms with Gasteiger partial charge in [-0.05, 0) is 17.7 Å². The van der Waals surface area contributed by atoms with Crippen LogP contribution in [0.25, 0.3) is 5.69 Å². The number of rotatable bonds is 4. The average molecular weight is 308 g/mol. The van der Waals surface area contributed by atoms with Crippen molar-refractivity contribution >= 4 is 5.91 Å². The minimum Gasteiger partial charge on any atom is -0.335 e. The number of hydrogen-bond donors (Lipinski definition) is 1. The molecule has 0 bridgehead atoms. The van der Waals surface area contributed by atoms with E-state index in [9.17, 15) is 9.59 Å². The Kier molecular flexibility index (Phi) is 4.05. The van der Waals surface area contributed by atoms with Gasteiger partial charge in [0.05, 0.1) is 5.69 Å². The lowest BCUT2D eigenvalue weighted by molar-refractivity contribution is 0.0773. The zero-order valence-corrected chi connectivity index (χ0v) is 12.6. The number of hydrogen-bond acceptors (Lipinski definition) is 3. The van der Waals surface area contributed by atoms with Crippen LogP contribution in [0, 0.1) is 0 Å². The lowest BCUT2D eigenvalue weighted by Gasteiger charge is -2.15. The van der Waals surface area contributed by atoms with Crippen molar-refractivity contribution in [2.75, 3.05) is 7.05 Å². The molecule has 1 heterocycles. The van der Waals surface area contributed by atoms with Gasteiger partial charge in [-0.25, -0.2) is 4.79 Å². The van der Waals surface area contributed by atoms with Crippen molar-refractivity contribution in [3.05, 3.63) is 82.5 Å². The first kappa shape index (κ1) is 14.8. The van der Waals surface area contributed by atoms with E-state index in [4.69, 9.17) is 0 Å². The van der Waals surface area contributed by atoms with Crippen molar-refractivity contribution in [1.29, 1.82) is 0 Å². The molecule has 1 aromatic heterocycles. The number of H-pyrrole nitrogens is 1. The topological polar surface area (TPSA) is 71.0 Å². The summed E-state index contributed by atoms with van der Waals surface area (Å²) in [6.45, 7) is 0.444. The minimum absolute atomic E-state index is 0.0253. The molecule has 0 spiro atoms. The number of carbonyl (C=O) groups excluding carboxylic acids is 1. The van der Waals surface area contributed by atoms with Gasteiger partial charge in [0.15, 0.2) is 0 Å². The predicted octanol–water partition coefficient (Wildman–Crippen LogP) is 1.83. The normalized spacial score (nSPS) is 10.5. The van der Waals surface area contributed by atoms with E-state index < -0.39 is 5.69 Å². The van der Waals surface area contributed by atoms with Crippen LogP contribution in [0.15, 0.2) is 65.5 Å². The molecule has 0 unspecified atom stereocenters. The third kappa shape index (κ3) is 3.21. The fourth-order valence-corrected chi connectivity index (χ4v) is 2.27. The van der Waals surface area contributed by atoms with Crippen molar-refractivity contribution in [3.63, 3.8) is 0 Å². The van der Waals surface area contributed by atoms with Crippen LogP contribution < -0.4 is 5.69 Å². The van der Waals surface area contributed by atoms with Crippen LogP contribution in [-0.2, 0) is 6.54 Å². The van der Waals surface area contributed by atoms with Gasteiger partial charge in [0.25, 0.3) is 5.91 Å². The lowest BCUT2D eigenvalue weighted by Crippen LogP contribution is -2.27. The zero-order chi connectivity index (χ0) is 16.2. The van der Waals surface area contributed by atoms with Gasteiger partial charge in [0.1, 0.15) is 0 Å². The SMILES string of the molecule is CN(Cc1ccccc1)C(=O)c1nn(-c2ccccc2)c(=O)[nH]1. The molecule has 0 radical (unpaired) electrons. The van der Waals surface area contributed by atoms with Gasteiger partial charge in [-0.15, -0.1) is 5.10 Å². The van der Waals surface area contributed by atoms with E-state index in [1.165, 1.54) is 9.58 Å². The Hall–Kier alpha value is -3.15. The summed E-state index contributed by atoms with van der Waals surface area (Å²) in [5.74, 6) is -0.307. The zero-order valence-electron chi connectivity index (χ0n) is 12.6. The first-order chi connectivity index (χ1) is 11.1. The van der Waals surface area contributed by atoms with Crippen LogP contribution in [0.4, 0.5) is 0 Å². The Morgan fingerprint density at radius 3 is 2.35 bits per heavy atom. The van der Waals surface area contributed by atoms with Gasteiger partial charge >= 0.3 is 5.69 Å². The fourth-order valence-electron chi connectivity index (χ4n) is 2.27. The number of aromatic nitrogens is 3. The second-order valence-corrected chi connectivity index (χ2v) is 5.17. The molecule has 23 heavy (non-hydrogen) atoms. The fraction of sp³-hybridized carbons (Fsp3) is 0.118. The quantitative estimate of drug-likeness (QED) is 0.799. The van der Waals surface area contributed by atoms with Crippen LogP contribution in [0.1, 0.15) is 16.2 Å². The largest absolute Gasteiger partial charge is 0.348 e. The van der Waals surface area contributed by atoms with Crippen LogP contribution in [-0.4, -0.2) is 32.6 Å². The van der Waals surface area contributed by atoms with Crippen molar-refractivity contribution < 1.29 is 4.79 Å². The molecule has 0 saturated carbocycles. The highest BCUT2D eigenvalue weighted by Crippen LogP contribution is 2.06. The third-order valence-corrected chi connectivity index (χ3v) is 3.43. The van der Waals surface area contributed by atoms with E-state index in [0.29, 0.717) is 12.2 Å². The second-order valence-electron chi connectivity index (χ2n) is 5.17. The van der Waals surface area contributed by atoms with Gasteiger partial charge < -0.3 is 4.90 Å². The first-order valence-electron chi connectivity index (χ1n) is 7.19. The van der Waals surface area contributed by atoms with Crippen LogP contribution in [0.2, 0.25) is 0 Å². The van der Waals surface area contributed by atoms with E-state index in [1.807, 2.05) is 36.4 Å². The molecular formula is C17H16N4O2. The lowest BCUT2D eigenvalue weighted by atomic mass is 10.2. The molecule has 6 nitrogen and oxygen atoms in total. The molecule has 3 rings (SSSR count). The number of carbonyl (C=O) groups is 1. The Balaban J connectivity index is 1.82. The molecule has 2 aromatic carbocycles. The molecular weight excluding hydrogens is 292 g/mol. The monoisotopic (exact) mass is 308 g/mol. The Bertz CT molecular complexity index is 853. The smallest absolute Gasteiger partial charge is 0.335 e. The van der Waals surface area contributed by atoms with Gasteiger partial charge in [0.2, 0.25) is 5.82 Å². The van der Waals surface area contributed by atoms with Gasteiger partial charge in [0, 0.05) is 13.6 Å². The van der Waals surface area contributed by atoms with Crippen molar-refractivity contribution in [2.24, 2.45) is 0 Å². The molecule has 0 atom stereocenters. The number of para-hydroxylation sites is 1. The molecule has 116 valence electrons. The molecule has 3 aromatic rings. The standard InChI is InChI=1S/C17H16N4O2/c1-20(12-13-8-4-2-5-9-13)16(22)15-18-17(23)21(19-15)14-10-6-3-7-11-14/h2-11H,12H2,1H3,(H,18,19,23). The van der Waals surface area contributed by atoms with Crippen molar-refractivity contribution in [1.82, 2.24) is 19.7 Å². The summed E-state index contributed by atoms with van der Waals surface area (Å²) in [6, 6.07) is 18.6. The maximum absolute atomic E-state index is 12.4. The summed E-state index contributed by atoms with van der Waals surface area (Å²) in [5.41, 5.74) is 1.18. The summed E-state index contributed by atoms with van der Waals surface area (Å²) >= 11 is 0. The van der Waals surface area contributed by atoms with Crippen LogP contribution >= 0.6 is 0 Å². The second kappa shape index (κ2) is 6.31. The van der Waals surface area contributed by atoms with Crippen molar-refractivity contribution in [3.8, 4) is 5.69 Å². The minimum atomic E-state index is -0.437. The number of amides is 1. The summed E-state index contributed by atoms with van der Waals surface area (Å²) in [4.78, 5) is 28.5. The number of aromatic amines is 1. The Morgan fingerprint density at radius 2 is 1.70 bits per heavy atom. The van der Waals surface area contributed by atoms with E-state index in [-0.39, 0.29) is 11.7 Å². The highest BCUT2D eigenvalue weighted by molar-refractivity contribution is 5.90. The summed E-state index contributed by atoms with van der Waals surface area (Å²) in [6.07, 6.45) is 0.